The van der Waals surface area contributed by atoms with Crippen LogP contribution in [0.25, 0.3) is 82.5 Å². The molecule has 0 amide bonds. The molecule has 4 nitrogen and oxygen atoms in total. The molecule has 0 aliphatic rings. The largest absolute Gasteiger partial charge is 0.309 e. The molecule has 66 heavy (non-hydrogen) atoms. The molecule has 0 N–H and O–H groups in total. The number of benzene rings is 10. The SMILES string of the molecule is N#Cc1ccc2c(c1)c1ccccc1n2-c1ccc2c3ccccc3n(-c3cccc4c5ccccc5n(-c5ccc([Si](c6ccccc6)(c6ccccc6)c6ccccc6)cc5)c34)c2c1. The van der Waals surface area contributed by atoms with Crippen LogP contribution in [-0.4, -0.2) is 21.8 Å². The van der Waals surface area contributed by atoms with Crippen LogP contribution >= 0.6 is 0 Å². The van der Waals surface area contributed by atoms with Crippen molar-refractivity contribution >= 4 is 94.2 Å². The summed E-state index contributed by atoms with van der Waals surface area (Å²) in [5, 5.41) is 22.2. The lowest BCUT2D eigenvalue weighted by Gasteiger charge is -2.34. The third-order valence-corrected chi connectivity index (χ3v) is 18.6. The molecule has 0 atom stereocenters. The molecule has 0 radical (unpaired) electrons. The summed E-state index contributed by atoms with van der Waals surface area (Å²) in [5.41, 5.74) is 10.7. The van der Waals surface area contributed by atoms with E-state index in [1.165, 1.54) is 42.3 Å². The Labute approximate surface area is 382 Å². The maximum absolute atomic E-state index is 9.85. The van der Waals surface area contributed by atoms with Crippen LogP contribution in [0, 0.1) is 11.3 Å². The molecule has 0 fully saturated rings. The quantitative estimate of drug-likeness (QED) is 0.116. The molecule has 3 aromatic heterocycles. The molecule has 0 bridgehead atoms. The van der Waals surface area contributed by atoms with E-state index in [-0.39, 0.29) is 0 Å². The molecular weight excluding hydrogens is 817 g/mol. The summed E-state index contributed by atoms with van der Waals surface area (Å²) in [6.07, 6.45) is 0. The second-order valence-corrected chi connectivity index (χ2v) is 21.0. The monoisotopic (exact) mass is 856 g/mol. The van der Waals surface area contributed by atoms with E-state index < -0.39 is 8.07 Å². The van der Waals surface area contributed by atoms with Crippen molar-refractivity contribution in [3.63, 3.8) is 0 Å². The number of hydrogen-bond acceptors (Lipinski definition) is 1. The van der Waals surface area contributed by atoms with Crippen LogP contribution < -0.4 is 20.7 Å². The molecule has 0 spiro atoms. The topological polar surface area (TPSA) is 38.6 Å². The van der Waals surface area contributed by atoms with Gasteiger partial charge in [-0.1, -0.05) is 176 Å². The first-order chi connectivity index (χ1) is 32.7. The Morgan fingerprint density at radius 2 is 0.758 bits per heavy atom. The Hall–Kier alpha value is -8.69. The van der Waals surface area contributed by atoms with Crippen molar-refractivity contribution in [3.8, 4) is 23.1 Å². The van der Waals surface area contributed by atoms with E-state index in [4.69, 9.17) is 0 Å². The molecular formula is C61H40N4Si. The van der Waals surface area contributed by atoms with Crippen molar-refractivity contribution < 1.29 is 0 Å². The molecule has 13 rings (SSSR count). The van der Waals surface area contributed by atoms with Gasteiger partial charge in [-0.15, -0.1) is 0 Å². The highest BCUT2D eigenvalue weighted by Crippen LogP contribution is 2.41. The van der Waals surface area contributed by atoms with Crippen LogP contribution in [0.3, 0.4) is 0 Å². The molecule has 0 unspecified atom stereocenters. The fraction of sp³-hybridized carbons (Fsp3) is 0. The lowest BCUT2D eigenvalue weighted by molar-refractivity contribution is 1.13. The average Bonchev–Trinajstić information content (AvgIpc) is 4.03. The van der Waals surface area contributed by atoms with Crippen molar-refractivity contribution in [3.05, 3.63) is 248 Å². The summed E-state index contributed by atoms with van der Waals surface area (Å²) in [6, 6.07) is 91.0. The first-order valence-corrected chi connectivity index (χ1v) is 24.5. The minimum absolute atomic E-state index is 0.657. The van der Waals surface area contributed by atoms with Crippen LogP contribution in [0.4, 0.5) is 0 Å². The Bertz CT molecular complexity index is 3950. The van der Waals surface area contributed by atoms with Gasteiger partial charge in [0, 0.05) is 43.7 Å². The van der Waals surface area contributed by atoms with E-state index in [0.29, 0.717) is 5.56 Å². The van der Waals surface area contributed by atoms with Gasteiger partial charge in [-0.3, -0.25) is 0 Å². The molecule has 10 aromatic carbocycles. The Morgan fingerprint density at radius 3 is 1.36 bits per heavy atom. The van der Waals surface area contributed by atoms with Crippen molar-refractivity contribution in [2.45, 2.75) is 0 Å². The number of para-hydroxylation sites is 4. The molecule has 0 aliphatic heterocycles. The second-order valence-electron chi connectivity index (χ2n) is 17.2. The van der Waals surface area contributed by atoms with Crippen molar-refractivity contribution in [2.24, 2.45) is 0 Å². The van der Waals surface area contributed by atoms with Gasteiger partial charge in [-0.2, -0.15) is 5.26 Å². The summed E-state index contributed by atoms with van der Waals surface area (Å²) >= 11 is 0. The van der Waals surface area contributed by atoms with Crippen LogP contribution in [0.2, 0.25) is 0 Å². The lowest BCUT2D eigenvalue weighted by Crippen LogP contribution is -2.74. The van der Waals surface area contributed by atoms with Crippen LogP contribution in [0.5, 0.6) is 0 Å². The molecule has 308 valence electrons. The minimum Gasteiger partial charge on any atom is -0.309 e. The van der Waals surface area contributed by atoms with E-state index in [0.717, 1.165) is 60.9 Å². The molecule has 3 heterocycles. The summed E-state index contributed by atoms with van der Waals surface area (Å²) in [4.78, 5) is 0. The first-order valence-electron chi connectivity index (χ1n) is 22.5. The van der Waals surface area contributed by atoms with Gasteiger partial charge in [0.2, 0.25) is 0 Å². The predicted molar refractivity (Wildman–Crippen MR) is 278 cm³/mol. The summed E-state index contributed by atoms with van der Waals surface area (Å²) < 4.78 is 7.29. The van der Waals surface area contributed by atoms with Gasteiger partial charge >= 0.3 is 0 Å². The summed E-state index contributed by atoms with van der Waals surface area (Å²) in [7, 11) is -2.73. The van der Waals surface area contributed by atoms with Crippen LogP contribution in [-0.2, 0) is 0 Å². The molecule has 0 saturated heterocycles. The Morgan fingerprint density at radius 1 is 0.303 bits per heavy atom. The van der Waals surface area contributed by atoms with E-state index in [9.17, 15) is 5.26 Å². The van der Waals surface area contributed by atoms with Crippen molar-refractivity contribution in [2.75, 3.05) is 0 Å². The zero-order chi connectivity index (χ0) is 43.8. The van der Waals surface area contributed by atoms with Gasteiger partial charge in [-0.05, 0) is 87.5 Å². The van der Waals surface area contributed by atoms with Gasteiger partial charge < -0.3 is 13.7 Å². The smallest absolute Gasteiger partial charge is 0.179 e. The number of rotatable bonds is 7. The maximum atomic E-state index is 9.85. The average molecular weight is 857 g/mol. The van der Waals surface area contributed by atoms with Crippen molar-refractivity contribution in [1.82, 2.24) is 13.7 Å². The normalized spacial score (nSPS) is 11.9. The van der Waals surface area contributed by atoms with E-state index in [1.54, 1.807) is 0 Å². The van der Waals surface area contributed by atoms with Crippen molar-refractivity contribution in [1.29, 1.82) is 5.26 Å². The second kappa shape index (κ2) is 15.0. The molecule has 0 aliphatic carbocycles. The van der Waals surface area contributed by atoms with Gasteiger partial charge in [0.25, 0.3) is 0 Å². The van der Waals surface area contributed by atoms with Gasteiger partial charge in [0.1, 0.15) is 0 Å². The zero-order valence-electron chi connectivity index (χ0n) is 35.9. The fourth-order valence-electron chi connectivity index (χ4n) is 11.1. The van der Waals surface area contributed by atoms with Gasteiger partial charge in [-0.25, -0.2) is 0 Å². The minimum atomic E-state index is -2.73. The fourth-order valence-corrected chi connectivity index (χ4v) is 15.8. The molecule has 13 aromatic rings. The van der Waals surface area contributed by atoms with E-state index in [2.05, 4.69) is 250 Å². The Kier molecular flexibility index (Phi) is 8.57. The molecule has 0 saturated carbocycles. The van der Waals surface area contributed by atoms with Crippen LogP contribution in [0.1, 0.15) is 5.56 Å². The maximum Gasteiger partial charge on any atom is 0.179 e. The highest BCUT2D eigenvalue weighted by Gasteiger charge is 2.41. The van der Waals surface area contributed by atoms with E-state index in [1.807, 2.05) is 12.1 Å². The number of nitrogens with zero attached hydrogens (tertiary/aromatic N) is 4. The summed E-state index contributed by atoms with van der Waals surface area (Å²) in [6.45, 7) is 0. The number of fused-ring (bicyclic) bond motifs is 9. The first kappa shape index (κ1) is 37.8. The lowest BCUT2D eigenvalue weighted by atomic mass is 10.1. The third kappa shape index (κ3) is 5.49. The highest BCUT2D eigenvalue weighted by atomic mass is 28.3. The number of aromatic nitrogens is 3. The predicted octanol–water partition coefficient (Wildman–Crippen LogP) is 12.2. The Balaban J connectivity index is 1.07. The highest BCUT2D eigenvalue weighted by molar-refractivity contribution is 7.19. The van der Waals surface area contributed by atoms with Crippen LogP contribution in [0.15, 0.2) is 243 Å². The summed E-state index contributed by atoms with van der Waals surface area (Å²) in [5.74, 6) is 0. The zero-order valence-corrected chi connectivity index (χ0v) is 36.9. The van der Waals surface area contributed by atoms with Gasteiger partial charge in [0.15, 0.2) is 8.07 Å². The number of nitriles is 1. The number of hydrogen-bond donors (Lipinski definition) is 0. The third-order valence-electron chi connectivity index (χ3n) is 13.8. The van der Waals surface area contributed by atoms with E-state index >= 15 is 0 Å². The molecule has 5 heteroatoms. The standard InChI is InChI=1S/C61H40N4Si/c62-41-42-31-38-58-54(39-42)51-25-12-13-27-55(51)63(58)44-34-37-52-49-23-10-15-29-57(49)65(60(52)40-44)59-30-16-26-53-50-24-11-14-28-56(50)64(61(53)59)43-32-35-48(36-33-43)66(45-17-4-1-5-18-45,46-19-6-2-7-20-46)47-21-8-3-9-22-47/h1-40H. The van der Waals surface area contributed by atoms with Gasteiger partial charge in [0.05, 0.1) is 50.4 Å².